The van der Waals surface area contributed by atoms with E-state index in [1.165, 1.54) is 14.0 Å². The minimum absolute atomic E-state index is 0.120. The number of hydrogen-bond donors (Lipinski definition) is 3. The Morgan fingerprint density at radius 2 is 2.06 bits per heavy atom. The molecule has 2 atom stereocenters. The van der Waals surface area contributed by atoms with Gasteiger partial charge >= 0.3 is 13.7 Å². The maximum atomic E-state index is 13.5. The number of benzene rings is 1. The van der Waals surface area contributed by atoms with Gasteiger partial charge in [-0.15, -0.1) is 12.6 Å². The lowest BCUT2D eigenvalue weighted by atomic mass is 9.81. The van der Waals surface area contributed by atoms with E-state index < -0.39 is 19.8 Å². The number of carbonyl (C=O) groups excluding carboxylic acids is 1. The first-order valence-corrected chi connectivity index (χ1v) is 13.2. The second-order valence-corrected chi connectivity index (χ2v) is 11.0. The Kier molecular flexibility index (Phi) is 7.48. The second kappa shape index (κ2) is 10.2. The van der Waals surface area contributed by atoms with Crippen LogP contribution in [0.2, 0.25) is 0 Å². The number of halogens is 1. The lowest BCUT2D eigenvalue weighted by Gasteiger charge is -2.36. The molecule has 1 saturated carbocycles. The van der Waals surface area contributed by atoms with E-state index in [9.17, 15) is 9.36 Å². The van der Waals surface area contributed by atoms with Gasteiger partial charge in [-0.05, 0) is 49.9 Å². The minimum atomic E-state index is -3.88. The number of nitrogens with two attached hydrogens (primary N) is 1. The number of esters is 1. The fourth-order valence-corrected chi connectivity index (χ4v) is 5.73. The number of thiol groups is 1. The van der Waals surface area contributed by atoms with Crippen LogP contribution in [0.1, 0.15) is 25.8 Å². The molecule has 3 N–H and O–H groups in total. The maximum Gasteiger partial charge on any atom is 0.459 e. The largest absolute Gasteiger partial charge is 0.468 e. The Bertz CT molecular complexity index is 1240. The molecule has 34 heavy (non-hydrogen) atoms. The van der Waals surface area contributed by atoms with E-state index in [4.69, 9.17) is 19.5 Å². The SMILES string of the molecule is COC(=O)[C@H](C)NP(=O)(OC[C@H]1C[C@@H](n2cnc3c(S)nc(N)nc32)C1)Oc1ccc(Br)cc1. The molecule has 0 aliphatic heterocycles. The van der Waals surface area contributed by atoms with Crippen LogP contribution in [0.4, 0.5) is 5.95 Å². The summed E-state index contributed by atoms with van der Waals surface area (Å²) in [4.78, 5) is 24.5. The Labute approximate surface area is 209 Å². The van der Waals surface area contributed by atoms with Crippen molar-refractivity contribution < 1.29 is 23.1 Å². The zero-order chi connectivity index (χ0) is 24.5. The molecule has 1 aliphatic rings. The summed E-state index contributed by atoms with van der Waals surface area (Å²) in [7, 11) is -2.62. The normalized spacial score (nSPS) is 20.4. The van der Waals surface area contributed by atoms with Gasteiger partial charge in [0.15, 0.2) is 5.65 Å². The zero-order valence-corrected chi connectivity index (χ0v) is 21.8. The van der Waals surface area contributed by atoms with Crippen LogP contribution in [0.5, 0.6) is 5.75 Å². The summed E-state index contributed by atoms with van der Waals surface area (Å²) in [5.74, 6) is 0.0144. The van der Waals surface area contributed by atoms with E-state index in [-0.39, 0.29) is 24.5 Å². The first-order valence-electron chi connectivity index (χ1n) is 10.4. The molecule has 11 nitrogen and oxygen atoms in total. The van der Waals surface area contributed by atoms with Crippen LogP contribution in [0.3, 0.4) is 0 Å². The van der Waals surface area contributed by atoms with Crippen molar-refractivity contribution in [3.05, 3.63) is 35.1 Å². The van der Waals surface area contributed by atoms with Gasteiger partial charge in [-0.3, -0.25) is 9.32 Å². The van der Waals surface area contributed by atoms with Gasteiger partial charge in [-0.25, -0.2) is 14.5 Å². The predicted molar refractivity (Wildman–Crippen MR) is 132 cm³/mol. The van der Waals surface area contributed by atoms with Crippen LogP contribution >= 0.6 is 36.3 Å². The second-order valence-electron chi connectivity index (χ2n) is 7.93. The number of methoxy groups -OCH3 is 1. The summed E-state index contributed by atoms with van der Waals surface area (Å²) < 4.78 is 32.4. The number of nitrogens with one attached hydrogen (secondary N) is 1. The van der Waals surface area contributed by atoms with Gasteiger partial charge in [0.1, 0.15) is 22.3 Å². The number of aromatic nitrogens is 4. The Morgan fingerprint density at radius 1 is 1.35 bits per heavy atom. The molecule has 0 bridgehead atoms. The van der Waals surface area contributed by atoms with Gasteiger partial charge in [-0.1, -0.05) is 15.9 Å². The van der Waals surface area contributed by atoms with Gasteiger partial charge in [0, 0.05) is 10.5 Å². The van der Waals surface area contributed by atoms with Crippen molar-refractivity contribution >= 4 is 59.4 Å². The van der Waals surface area contributed by atoms with Gasteiger partial charge in [0.25, 0.3) is 0 Å². The number of nitrogens with zero attached hydrogens (tertiary/aromatic N) is 4. The van der Waals surface area contributed by atoms with E-state index >= 15 is 0 Å². The molecular weight excluding hydrogens is 547 g/mol. The smallest absolute Gasteiger partial charge is 0.459 e. The monoisotopic (exact) mass is 570 g/mol. The van der Waals surface area contributed by atoms with Crippen LogP contribution in [0.25, 0.3) is 11.2 Å². The summed E-state index contributed by atoms with van der Waals surface area (Å²) >= 11 is 7.66. The number of anilines is 1. The molecular formula is C20H24BrN6O5PS. The van der Waals surface area contributed by atoms with Crippen molar-refractivity contribution in [2.75, 3.05) is 19.5 Å². The quantitative estimate of drug-likeness (QED) is 0.150. The van der Waals surface area contributed by atoms with Crippen molar-refractivity contribution in [1.82, 2.24) is 24.6 Å². The first-order chi connectivity index (χ1) is 16.2. The average molecular weight is 571 g/mol. The predicted octanol–water partition coefficient (Wildman–Crippen LogP) is 3.77. The molecule has 4 rings (SSSR count). The van der Waals surface area contributed by atoms with Crippen LogP contribution in [0.15, 0.2) is 40.1 Å². The van der Waals surface area contributed by atoms with E-state index in [2.05, 4.69) is 48.6 Å². The molecule has 1 aliphatic carbocycles. The van der Waals surface area contributed by atoms with Gasteiger partial charge in [-0.2, -0.15) is 10.1 Å². The molecule has 182 valence electrons. The molecule has 2 heterocycles. The van der Waals surface area contributed by atoms with Crippen molar-refractivity contribution in [2.24, 2.45) is 5.92 Å². The summed E-state index contributed by atoms with van der Waals surface area (Å²) in [6.07, 6.45) is 3.20. The molecule has 1 unspecified atom stereocenters. The third-order valence-electron chi connectivity index (χ3n) is 5.45. The third-order valence-corrected chi connectivity index (χ3v) is 7.93. The number of ether oxygens (including phenoxy) is 1. The molecule has 0 spiro atoms. The standard InChI is InChI=1S/C20H24BrN6O5PS/c1-11(19(28)30-2)26-33(29,32-15-5-3-13(21)4-6-15)31-9-12-7-14(8-12)27-10-23-16-17(27)24-20(22)25-18(16)34/h3-6,10-12,14H,7-9H2,1-2H3,(H,26,29)(H3,22,24,25,34)/t11-,12-,14+,33?/m0/s1. The fourth-order valence-electron chi connectivity index (χ4n) is 3.64. The van der Waals surface area contributed by atoms with Crippen molar-refractivity contribution in [3.8, 4) is 5.75 Å². The Hall–Kier alpha value is -2.18. The number of fused-ring (bicyclic) bond motifs is 1. The van der Waals surface area contributed by atoms with E-state index in [0.717, 1.165) is 17.3 Å². The maximum absolute atomic E-state index is 13.5. The van der Waals surface area contributed by atoms with Crippen LogP contribution in [-0.2, 0) is 18.6 Å². The fraction of sp³-hybridized carbons (Fsp3) is 0.400. The van der Waals surface area contributed by atoms with Crippen LogP contribution in [0, 0.1) is 5.92 Å². The molecule has 0 radical (unpaired) electrons. The zero-order valence-electron chi connectivity index (χ0n) is 18.4. The number of carbonyl (C=O) groups is 1. The van der Waals surface area contributed by atoms with Gasteiger partial charge in [0.2, 0.25) is 5.95 Å². The van der Waals surface area contributed by atoms with Crippen LogP contribution < -0.4 is 15.3 Å². The Balaban J connectivity index is 1.41. The van der Waals surface area contributed by atoms with E-state index in [1.54, 1.807) is 30.6 Å². The topological polar surface area (TPSA) is 143 Å². The lowest BCUT2D eigenvalue weighted by Crippen LogP contribution is -2.36. The third kappa shape index (κ3) is 5.55. The molecule has 1 aromatic carbocycles. The summed E-state index contributed by atoms with van der Waals surface area (Å²) in [6.45, 7) is 1.70. The summed E-state index contributed by atoms with van der Waals surface area (Å²) in [6, 6.07) is 6.05. The molecule has 14 heteroatoms. The molecule has 1 fully saturated rings. The number of nitrogen functional groups attached to an aromatic ring is 1. The average Bonchev–Trinajstić information content (AvgIpc) is 3.17. The summed E-state index contributed by atoms with van der Waals surface area (Å²) in [5, 5.41) is 3.08. The molecule has 2 aromatic heterocycles. The highest BCUT2D eigenvalue weighted by molar-refractivity contribution is 9.10. The van der Waals surface area contributed by atoms with Gasteiger partial charge in [0.05, 0.1) is 20.0 Å². The highest BCUT2D eigenvalue weighted by atomic mass is 79.9. The van der Waals surface area contributed by atoms with Crippen molar-refractivity contribution in [1.29, 1.82) is 0 Å². The first kappa shape index (κ1) is 24.9. The van der Waals surface area contributed by atoms with E-state index in [0.29, 0.717) is 21.9 Å². The molecule has 0 saturated heterocycles. The highest BCUT2D eigenvalue weighted by Gasteiger charge is 2.37. The van der Waals surface area contributed by atoms with E-state index in [1.807, 2.05) is 4.57 Å². The minimum Gasteiger partial charge on any atom is -0.468 e. The Morgan fingerprint density at radius 3 is 2.74 bits per heavy atom. The van der Waals surface area contributed by atoms with Crippen molar-refractivity contribution in [3.63, 3.8) is 0 Å². The number of imidazole rings is 1. The summed E-state index contributed by atoms with van der Waals surface area (Å²) in [5.41, 5.74) is 6.97. The van der Waals surface area contributed by atoms with Crippen LogP contribution in [-0.4, -0.2) is 45.2 Å². The molecule has 3 aromatic rings. The molecule has 0 amide bonds. The van der Waals surface area contributed by atoms with Crippen molar-refractivity contribution in [2.45, 2.75) is 36.9 Å². The lowest BCUT2D eigenvalue weighted by molar-refractivity contribution is -0.142. The number of rotatable bonds is 9. The number of hydrogen-bond acceptors (Lipinski definition) is 10. The van der Waals surface area contributed by atoms with Gasteiger partial charge < -0.3 is 19.6 Å². The highest BCUT2D eigenvalue weighted by Crippen LogP contribution is 2.48.